The second kappa shape index (κ2) is 6.65. The summed E-state index contributed by atoms with van der Waals surface area (Å²) in [6.07, 6.45) is 5.03. The average Bonchev–Trinajstić information content (AvgIpc) is 3.07. The van der Waals surface area contributed by atoms with E-state index in [4.69, 9.17) is 0 Å². The number of aromatic amines is 1. The molecule has 122 valence electrons. The van der Waals surface area contributed by atoms with Gasteiger partial charge < -0.3 is 10.3 Å². The van der Waals surface area contributed by atoms with Crippen molar-refractivity contribution in [3.05, 3.63) is 42.6 Å². The van der Waals surface area contributed by atoms with Crippen molar-refractivity contribution >= 4 is 34.5 Å². The lowest BCUT2D eigenvalue weighted by Crippen LogP contribution is -2.27. The molecule has 1 amide bonds. The molecule has 2 aromatic heterocycles. The maximum atomic E-state index is 12.2. The van der Waals surface area contributed by atoms with E-state index in [0.29, 0.717) is 5.82 Å². The molecule has 3 aromatic rings. The molecular weight excluding hydrogens is 320 g/mol. The fraction of sp³-hybridized carbons (Fsp3) is 0.278. The van der Waals surface area contributed by atoms with E-state index in [9.17, 15) is 4.79 Å². The van der Waals surface area contributed by atoms with Gasteiger partial charge in [0.15, 0.2) is 0 Å². The number of aromatic nitrogens is 3. The Hall–Kier alpha value is -2.34. The van der Waals surface area contributed by atoms with Gasteiger partial charge in [0.25, 0.3) is 0 Å². The Morgan fingerprint density at radius 2 is 2.12 bits per heavy atom. The quantitative estimate of drug-likeness (QED) is 0.761. The van der Waals surface area contributed by atoms with Crippen molar-refractivity contribution in [2.45, 2.75) is 24.5 Å². The molecule has 1 unspecified atom stereocenters. The fourth-order valence-electron chi connectivity index (χ4n) is 2.85. The third kappa shape index (κ3) is 3.14. The Kier molecular flexibility index (Phi) is 4.21. The van der Waals surface area contributed by atoms with Gasteiger partial charge in [0.1, 0.15) is 11.6 Å². The number of para-hydroxylation sites is 2. The van der Waals surface area contributed by atoms with Crippen LogP contribution in [0.2, 0.25) is 0 Å². The predicted octanol–water partition coefficient (Wildman–Crippen LogP) is 3.85. The van der Waals surface area contributed by atoms with Crippen molar-refractivity contribution in [2.75, 3.05) is 11.1 Å². The van der Waals surface area contributed by atoms with Crippen molar-refractivity contribution in [1.82, 2.24) is 15.0 Å². The number of fused-ring (bicyclic) bond motifs is 1. The summed E-state index contributed by atoms with van der Waals surface area (Å²) in [5.41, 5.74) is 2.83. The molecule has 6 heteroatoms. The van der Waals surface area contributed by atoms with Gasteiger partial charge in [-0.15, -0.1) is 11.8 Å². The number of thioether (sulfide) groups is 1. The molecule has 2 N–H and O–H groups in total. The number of amides is 1. The van der Waals surface area contributed by atoms with Crippen LogP contribution >= 0.6 is 11.8 Å². The van der Waals surface area contributed by atoms with Crippen LogP contribution in [0.25, 0.3) is 22.4 Å². The van der Waals surface area contributed by atoms with Gasteiger partial charge in [-0.2, -0.15) is 0 Å². The van der Waals surface area contributed by atoms with Crippen LogP contribution in [0.5, 0.6) is 0 Å². The highest BCUT2D eigenvalue weighted by Crippen LogP contribution is 2.26. The number of carbonyl (C=O) groups excluding carboxylic acids is 1. The summed E-state index contributed by atoms with van der Waals surface area (Å²) >= 11 is 1.74. The maximum absolute atomic E-state index is 12.2. The molecule has 1 fully saturated rings. The topological polar surface area (TPSA) is 70.7 Å². The second-order valence-corrected chi connectivity index (χ2v) is 7.19. The SMILES string of the molecule is O=C(Nc1ccc(-c2nc3ccccc3[nH]2)cn1)C1CCCCS1. The van der Waals surface area contributed by atoms with Gasteiger partial charge >= 0.3 is 0 Å². The van der Waals surface area contributed by atoms with E-state index in [-0.39, 0.29) is 11.2 Å². The molecule has 0 spiro atoms. The number of pyridine rings is 1. The first-order valence-electron chi connectivity index (χ1n) is 8.13. The number of carbonyl (C=O) groups is 1. The van der Waals surface area contributed by atoms with Gasteiger partial charge in [-0.3, -0.25) is 4.79 Å². The molecule has 1 aliphatic rings. The lowest BCUT2D eigenvalue weighted by Gasteiger charge is -2.20. The van der Waals surface area contributed by atoms with Gasteiger partial charge in [0, 0.05) is 11.8 Å². The van der Waals surface area contributed by atoms with Gasteiger partial charge in [0.05, 0.1) is 16.3 Å². The minimum atomic E-state index is 0.0515. The number of benzene rings is 1. The third-order valence-corrected chi connectivity index (χ3v) is 5.53. The Balaban J connectivity index is 1.48. The molecule has 1 atom stereocenters. The van der Waals surface area contributed by atoms with Crippen LogP contribution < -0.4 is 5.32 Å². The summed E-state index contributed by atoms with van der Waals surface area (Å²) in [5, 5.41) is 2.97. The first kappa shape index (κ1) is 15.2. The number of rotatable bonds is 3. The standard InChI is InChI=1S/C18H18N4OS/c23-18(15-7-3-4-10-24-15)22-16-9-8-12(11-19-16)17-20-13-5-1-2-6-14(13)21-17/h1-2,5-6,8-9,11,15H,3-4,7,10H2,(H,20,21)(H,19,22,23). The second-order valence-electron chi connectivity index (χ2n) is 5.88. The number of hydrogen-bond acceptors (Lipinski definition) is 4. The molecule has 1 aromatic carbocycles. The first-order chi connectivity index (χ1) is 11.8. The minimum absolute atomic E-state index is 0.0515. The van der Waals surface area contributed by atoms with Crippen molar-refractivity contribution in [3.63, 3.8) is 0 Å². The lowest BCUT2D eigenvalue weighted by atomic mass is 10.2. The predicted molar refractivity (Wildman–Crippen MR) is 98.1 cm³/mol. The van der Waals surface area contributed by atoms with E-state index in [1.807, 2.05) is 36.4 Å². The zero-order valence-corrected chi connectivity index (χ0v) is 14.0. The summed E-state index contributed by atoms with van der Waals surface area (Å²) in [6.45, 7) is 0. The molecular formula is C18H18N4OS. The van der Waals surface area contributed by atoms with Crippen molar-refractivity contribution in [1.29, 1.82) is 0 Å². The highest BCUT2D eigenvalue weighted by Gasteiger charge is 2.21. The average molecular weight is 338 g/mol. The normalized spacial score (nSPS) is 17.8. The van der Waals surface area contributed by atoms with Gasteiger partial charge in [0.2, 0.25) is 5.91 Å². The number of nitrogens with one attached hydrogen (secondary N) is 2. The Labute approximate surface area is 144 Å². The zero-order chi connectivity index (χ0) is 16.4. The van der Waals surface area contributed by atoms with E-state index >= 15 is 0 Å². The van der Waals surface area contributed by atoms with Gasteiger partial charge in [-0.1, -0.05) is 18.6 Å². The molecule has 0 radical (unpaired) electrons. The van der Waals surface area contributed by atoms with Crippen molar-refractivity contribution in [3.8, 4) is 11.4 Å². The van der Waals surface area contributed by atoms with Gasteiger partial charge in [-0.05, 0) is 42.9 Å². The molecule has 4 rings (SSSR count). The van der Waals surface area contributed by atoms with E-state index < -0.39 is 0 Å². The van der Waals surface area contributed by atoms with Crippen LogP contribution in [-0.4, -0.2) is 31.9 Å². The molecule has 24 heavy (non-hydrogen) atoms. The first-order valence-corrected chi connectivity index (χ1v) is 9.18. The van der Waals surface area contributed by atoms with Crippen molar-refractivity contribution < 1.29 is 4.79 Å². The Morgan fingerprint density at radius 3 is 2.88 bits per heavy atom. The van der Waals surface area contributed by atoms with E-state index in [2.05, 4.69) is 20.3 Å². The largest absolute Gasteiger partial charge is 0.338 e. The number of imidazole rings is 1. The van der Waals surface area contributed by atoms with Crippen LogP contribution in [-0.2, 0) is 4.79 Å². The van der Waals surface area contributed by atoms with Crippen LogP contribution in [0.15, 0.2) is 42.6 Å². The van der Waals surface area contributed by atoms with E-state index in [1.54, 1.807) is 18.0 Å². The lowest BCUT2D eigenvalue weighted by molar-refractivity contribution is -0.115. The number of anilines is 1. The fourth-order valence-corrected chi connectivity index (χ4v) is 4.05. The van der Waals surface area contributed by atoms with Crippen LogP contribution in [0.3, 0.4) is 0 Å². The highest BCUT2D eigenvalue weighted by molar-refractivity contribution is 8.00. The molecule has 5 nitrogen and oxygen atoms in total. The summed E-state index contributed by atoms with van der Waals surface area (Å²) in [5.74, 6) is 2.50. The zero-order valence-electron chi connectivity index (χ0n) is 13.2. The molecule has 0 bridgehead atoms. The molecule has 0 saturated carbocycles. The third-order valence-electron chi connectivity index (χ3n) is 4.15. The van der Waals surface area contributed by atoms with E-state index in [1.165, 1.54) is 6.42 Å². The Morgan fingerprint density at radius 1 is 1.21 bits per heavy atom. The van der Waals surface area contributed by atoms with Crippen LogP contribution in [0, 0.1) is 0 Å². The Bertz CT molecular complexity index is 820. The summed E-state index contributed by atoms with van der Waals surface area (Å²) < 4.78 is 0. The highest BCUT2D eigenvalue weighted by atomic mass is 32.2. The van der Waals surface area contributed by atoms with Crippen LogP contribution in [0.1, 0.15) is 19.3 Å². The van der Waals surface area contributed by atoms with Crippen LogP contribution in [0.4, 0.5) is 5.82 Å². The number of H-pyrrole nitrogens is 1. The number of hydrogen-bond donors (Lipinski definition) is 2. The van der Waals surface area contributed by atoms with Crippen molar-refractivity contribution in [2.24, 2.45) is 0 Å². The summed E-state index contributed by atoms with van der Waals surface area (Å²) in [4.78, 5) is 24.5. The summed E-state index contributed by atoms with van der Waals surface area (Å²) in [6, 6.07) is 11.7. The molecule has 0 aliphatic carbocycles. The minimum Gasteiger partial charge on any atom is -0.338 e. The smallest absolute Gasteiger partial charge is 0.238 e. The number of nitrogens with zero attached hydrogens (tertiary/aromatic N) is 2. The summed E-state index contributed by atoms with van der Waals surface area (Å²) in [7, 11) is 0. The molecule has 1 saturated heterocycles. The maximum Gasteiger partial charge on any atom is 0.238 e. The van der Waals surface area contributed by atoms with Gasteiger partial charge in [-0.25, -0.2) is 9.97 Å². The molecule has 1 aliphatic heterocycles. The molecule has 3 heterocycles. The monoisotopic (exact) mass is 338 g/mol. The van der Waals surface area contributed by atoms with E-state index in [0.717, 1.165) is 41.0 Å².